The SMILES string of the molecule is CNS(=O)(=O)c1ccc(Cl)c(C(=O)N2CCCC[C@@H]2C(=O)O)c1. The fourth-order valence-corrected chi connectivity index (χ4v) is 3.49. The quantitative estimate of drug-likeness (QED) is 0.842. The predicted octanol–water partition coefficient (Wildman–Crippen LogP) is 1.33. The number of nitrogens with zero attached hydrogens (tertiary/aromatic N) is 1. The Hall–Kier alpha value is -1.64. The van der Waals surface area contributed by atoms with Crippen molar-refractivity contribution in [3.8, 4) is 0 Å². The second kappa shape index (κ2) is 6.86. The summed E-state index contributed by atoms with van der Waals surface area (Å²) in [5, 5.41) is 9.35. The van der Waals surface area contributed by atoms with Crippen LogP contribution in [0.4, 0.5) is 0 Å². The minimum Gasteiger partial charge on any atom is -0.480 e. The van der Waals surface area contributed by atoms with Gasteiger partial charge >= 0.3 is 5.97 Å². The van der Waals surface area contributed by atoms with E-state index in [0.29, 0.717) is 19.4 Å². The Morgan fingerprint density at radius 1 is 1.35 bits per heavy atom. The lowest BCUT2D eigenvalue weighted by atomic mass is 10.0. The van der Waals surface area contributed by atoms with E-state index in [2.05, 4.69) is 4.72 Å². The third-order valence-corrected chi connectivity index (χ3v) is 5.54. The van der Waals surface area contributed by atoms with Crippen LogP contribution in [0.5, 0.6) is 0 Å². The molecule has 1 amide bonds. The number of hydrogen-bond donors (Lipinski definition) is 2. The number of halogens is 1. The smallest absolute Gasteiger partial charge is 0.326 e. The Morgan fingerprint density at radius 3 is 2.65 bits per heavy atom. The number of rotatable bonds is 4. The maximum atomic E-state index is 12.7. The number of piperidine rings is 1. The van der Waals surface area contributed by atoms with Crippen molar-refractivity contribution in [2.45, 2.75) is 30.2 Å². The molecule has 1 heterocycles. The Kier molecular flexibility index (Phi) is 5.28. The number of carboxylic acids is 1. The van der Waals surface area contributed by atoms with E-state index < -0.39 is 27.9 Å². The first-order chi connectivity index (χ1) is 10.8. The highest BCUT2D eigenvalue weighted by molar-refractivity contribution is 7.89. The molecule has 0 spiro atoms. The van der Waals surface area contributed by atoms with Gasteiger partial charge in [-0.2, -0.15) is 0 Å². The minimum absolute atomic E-state index is 0.0175. The number of carbonyl (C=O) groups is 2. The van der Waals surface area contributed by atoms with Crippen LogP contribution in [0.25, 0.3) is 0 Å². The predicted molar refractivity (Wildman–Crippen MR) is 84.0 cm³/mol. The molecular formula is C14H17ClN2O5S. The molecule has 0 aromatic heterocycles. The molecule has 9 heteroatoms. The van der Waals surface area contributed by atoms with Crippen molar-refractivity contribution in [2.24, 2.45) is 0 Å². The van der Waals surface area contributed by atoms with E-state index in [-0.39, 0.29) is 15.5 Å². The van der Waals surface area contributed by atoms with Gasteiger partial charge in [0.2, 0.25) is 10.0 Å². The Morgan fingerprint density at radius 2 is 2.04 bits per heavy atom. The van der Waals surface area contributed by atoms with Crippen LogP contribution in [0.1, 0.15) is 29.6 Å². The summed E-state index contributed by atoms with van der Waals surface area (Å²) < 4.78 is 25.9. The number of amides is 1. The molecule has 126 valence electrons. The summed E-state index contributed by atoms with van der Waals surface area (Å²) >= 11 is 6.02. The molecule has 0 aliphatic carbocycles. The van der Waals surface area contributed by atoms with Crippen LogP contribution in [-0.4, -0.2) is 49.9 Å². The highest BCUT2D eigenvalue weighted by Gasteiger charge is 2.33. The van der Waals surface area contributed by atoms with E-state index in [1.165, 1.54) is 30.1 Å². The number of carbonyl (C=O) groups excluding carboxylic acids is 1. The average Bonchev–Trinajstić information content (AvgIpc) is 2.54. The molecule has 1 aliphatic rings. The van der Waals surface area contributed by atoms with Gasteiger partial charge in [0.25, 0.3) is 5.91 Å². The number of carboxylic acid groups (broad SMARTS) is 1. The van der Waals surface area contributed by atoms with Gasteiger partial charge in [0.15, 0.2) is 0 Å². The first kappa shape index (κ1) is 17.7. The standard InChI is InChI=1S/C14H17ClN2O5S/c1-16-23(21,22)9-5-6-11(15)10(8-9)13(18)17-7-3-2-4-12(17)14(19)20/h5-6,8,12,16H,2-4,7H2,1H3,(H,19,20)/t12-/m1/s1. The van der Waals surface area contributed by atoms with Gasteiger partial charge in [-0.1, -0.05) is 11.6 Å². The Balaban J connectivity index is 2.42. The molecule has 2 N–H and O–H groups in total. The molecule has 0 unspecified atom stereocenters. The molecule has 0 radical (unpaired) electrons. The summed E-state index contributed by atoms with van der Waals surface area (Å²) in [6, 6.07) is 2.86. The summed E-state index contributed by atoms with van der Waals surface area (Å²) in [7, 11) is -2.47. The number of nitrogens with one attached hydrogen (secondary N) is 1. The fraction of sp³-hybridized carbons (Fsp3) is 0.429. The number of sulfonamides is 1. The van der Waals surface area contributed by atoms with Crippen LogP contribution >= 0.6 is 11.6 Å². The second-order valence-electron chi connectivity index (χ2n) is 5.20. The number of likely N-dealkylation sites (tertiary alicyclic amines) is 1. The molecule has 1 aliphatic heterocycles. The molecule has 23 heavy (non-hydrogen) atoms. The highest BCUT2D eigenvalue weighted by atomic mass is 35.5. The summed E-state index contributed by atoms with van der Waals surface area (Å²) in [4.78, 5) is 25.1. The largest absolute Gasteiger partial charge is 0.480 e. The molecule has 0 saturated carbocycles. The van der Waals surface area contributed by atoms with Crippen LogP contribution in [-0.2, 0) is 14.8 Å². The van der Waals surface area contributed by atoms with E-state index in [0.717, 1.165) is 6.42 Å². The normalized spacial score (nSPS) is 18.7. The molecule has 1 atom stereocenters. The van der Waals surface area contributed by atoms with Crippen molar-refractivity contribution in [3.63, 3.8) is 0 Å². The van der Waals surface area contributed by atoms with E-state index in [9.17, 15) is 23.1 Å². The van der Waals surface area contributed by atoms with Crippen LogP contribution in [0.15, 0.2) is 23.1 Å². The summed E-state index contributed by atoms with van der Waals surface area (Å²) in [5.41, 5.74) is -0.0175. The zero-order valence-corrected chi connectivity index (χ0v) is 14.0. The van der Waals surface area contributed by atoms with Gasteiger partial charge in [-0.15, -0.1) is 0 Å². The third kappa shape index (κ3) is 3.65. The fourth-order valence-electron chi connectivity index (χ4n) is 2.54. The first-order valence-corrected chi connectivity index (χ1v) is 8.91. The average molecular weight is 361 g/mol. The van der Waals surface area contributed by atoms with Gasteiger partial charge in [-0.25, -0.2) is 17.9 Å². The maximum Gasteiger partial charge on any atom is 0.326 e. The number of benzene rings is 1. The molecule has 2 rings (SSSR count). The van der Waals surface area contributed by atoms with Crippen molar-refractivity contribution >= 4 is 33.5 Å². The molecule has 7 nitrogen and oxygen atoms in total. The molecular weight excluding hydrogens is 344 g/mol. The van der Waals surface area contributed by atoms with Crippen molar-refractivity contribution in [2.75, 3.05) is 13.6 Å². The third-order valence-electron chi connectivity index (χ3n) is 3.80. The van der Waals surface area contributed by atoms with Crippen molar-refractivity contribution in [1.82, 2.24) is 9.62 Å². The first-order valence-electron chi connectivity index (χ1n) is 7.05. The summed E-state index contributed by atoms with van der Waals surface area (Å²) in [6.45, 7) is 0.301. The number of hydrogen-bond acceptors (Lipinski definition) is 4. The Labute approximate surface area is 139 Å². The molecule has 1 fully saturated rings. The van der Waals surface area contributed by atoms with E-state index in [4.69, 9.17) is 11.6 Å². The van der Waals surface area contributed by atoms with Gasteiger partial charge in [0.05, 0.1) is 15.5 Å². The summed E-state index contributed by atoms with van der Waals surface area (Å²) in [5.74, 6) is -1.65. The van der Waals surface area contributed by atoms with Gasteiger partial charge in [0, 0.05) is 6.54 Å². The molecule has 1 aromatic rings. The van der Waals surface area contributed by atoms with Crippen molar-refractivity contribution < 1.29 is 23.1 Å². The molecule has 1 aromatic carbocycles. The number of aliphatic carboxylic acids is 1. The molecule has 0 bridgehead atoms. The van der Waals surface area contributed by atoms with E-state index in [1.807, 2.05) is 0 Å². The van der Waals surface area contributed by atoms with E-state index in [1.54, 1.807) is 0 Å². The van der Waals surface area contributed by atoms with E-state index >= 15 is 0 Å². The van der Waals surface area contributed by atoms with Crippen molar-refractivity contribution in [3.05, 3.63) is 28.8 Å². The summed E-state index contributed by atoms with van der Waals surface area (Å²) in [6.07, 6.45) is 1.79. The van der Waals surface area contributed by atoms with Gasteiger partial charge in [-0.3, -0.25) is 4.79 Å². The highest BCUT2D eigenvalue weighted by Crippen LogP contribution is 2.25. The van der Waals surface area contributed by atoms with Crippen LogP contribution in [0.3, 0.4) is 0 Å². The zero-order chi connectivity index (χ0) is 17.2. The lowest BCUT2D eigenvalue weighted by Crippen LogP contribution is -2.48. The monoisotopic (exact) mass is 360 g/mol. The minimum atomic E-state index is -3.73. The van der Waals surface area contributed by atoms with Crippen LogP contribution in [0, 0.1) is 0 Å². The van der Waals surface area contributed by atoms with Crippen LogP contribution < -0.4 is 4.72 Å². The second-order valence-corrected chi connectivity index (χ2v) is 7.49. The maximum absolute atomic E-state index is 12.7. The lowest BCUT2D eigenvalue weighted by molar-refractivity contribution is -0.143. The lowest BCUT2D eigenvalue weighted by Gasteiger charge is -2.33. The van der Waals surface area contributed by atoms with Gasteiger partial charge < -0.3 is 10.0 Å². The van der Waals surface area contributed by atoms with Crippen molar-refractivity contribution in [1.29, 1.82) is 0 Å². The van der Waals surface area contributed by atoms with Gasteiger partial charge in [-0.05, 0) is 44.5 Å². The zero-order valence-electron chi connectivity index (χ0n) is 12.5. The van der Waals surface area contributed by atoms with Crippen LogP contribution in [0.2, 0.25) is 5.02 Å². The van der Waals surface area contributed by atoms with Gasteiger partial charge in [0.1, 0.15) is 6.04 Å². The topological polar surface area (TPSA) is 104 Å². The molecule has 1 saturated heterocycles. The Bertz CT molecular complexity index is 735.